The van der Waals surface area contributed by atoms with E-state index < -0.39 is 0 Å². The van der Waals surface area contributed by atoms with E-state index in [1.807, 2.05) is 13.8 Å². The first-order valence-corrected chi connectivity index (χ1v) is 5.52. The Morgan fingerprint density at radius 2 is 2.13 bits per heavy atom. The molecular weight excluding hydrogens is 261 g/mol. The molecule has 0 atom stereocenters. The number of rotatable bonds is 4. The van der Waals surface area contributed by atoms with Gasteiger partial charge in [0, 0.05) is 16.4 Å². The molecule has 0 unspecified atom stereocenters. The van der Waals surface area contributed by atoms with Crippen LogP contribution < -0.4 is 10.5 Å². The van der Waals surface area contributed by atoms with Crippen LogP contribution in [-0.4, -0.2) is 13.2 Å². The second-order valence-corrected chi connectivity index (χ2v) is 5.15. The Morgan fingerprint density at radius 1 is 1.47 bits per heavy atom. The van der Waals surface area contributed by atoms with Crippen LogP contribution >= 0.6 is 15.9 Å². The van der Waals surface area contributed by atoms with Gasteiger partial charge in [-0.1, -0.05) is 29.8 Å². The summed E-state index contributed by atoms with van der Waals surface area (Å²) in [5, 5.41) is 0. The zero-order chi connectivity index (χ0) is 11.5. The van der Waals surface area contributed by atoms with Gasteiger partial charge in [0.15, 0.2) is 11.6 Å². The van der Waals surface area contributed by atoms with Gasteiger partial charge in [0.05, 0.1) is 6.61 Å². The van der Waals surface area contributed by atoms with Crippen molar-refractivity contribution in [2.75, 3.05) is 13.2 Å². The molecule has 2 nitrogen and oxygen atoms in total. The molecule has 0 aliphatic heterocycles. The maximum atomic E-state index is 13.3. The van der Waals surface area contributed by atoms with Crippen molar-refractivity contribution in [1.29, 1.82) is 0 Å². The lowest BCUT2D eigenvalue weighted by Crippen LogP contribution is -2.30. The molecule has 0 aliphatic rings. The minimum atomic E-state index is -0.356. The van der Waals surface area contributed by atoms with Gasteiger partial charge in [0.2, 0.25) is 0 Å². The van der Waals surface area contributed by atoms with Crippen LogP contribution in [0, 0.1) is 11.2 Å². The van der Waals surface area contributed by atoms with Gasteiger partial charge < -0.3 is 10.5 Å². The van der Waals surface area contributed by atoms with Gasteiger partial charge in [-0.2, -0.15) is 0 Å². The standard InChI is InChI=1S/C11H15BrFNO/c1-11(2,6-14)7-15-10-5-8(12)3-4-9(10)13/h3-5H,6-7,14H2,1-2H3. The lowest BCUT2D eigenvalue weighted by atomic mass is 9.95. The Morgan fingerprint density at radius 3 is 2.73 bits per heavy atom. The van der Waals surface area contributed by atoms with Crippen molar-refractivity contribution < 1.29 is 9.13 Å². The monoisotopic (exact) mass is 275 g/mol. The van der Waals surface area contributed by atoms with Gasteiger partial charge >= 0.3 is 0 Å². The van der Waals surface area contributed by atoms with E-state index in [4.69, 9.17) is 10.5 Å². The van der Waals surface area contributed by atoms with Crippen LogP contribution in [0.4, 0.5) is 4.39 Å². The van der Waals surface area contributed by atoms with E-state index in [-0.39, 0.29) is 17.0 Å². The molecule has 0 heterocycles. The molecule has 4 heteroatoms. The maximum absolute atomic E-state index is 13.3. The quantitative estimate of drug-likeness (QED) is 0.917. The SMILES string of the molecule is CC(C)(CN)COc1cc(Br)ccc1F. The highest BCUT2D eigenvalue weighted by Gasteiger charge is 2.17. The van der Waals surface area contributed by atoms with Crippen LogP contribution in [0.3, 0.4) is 0 Å². The summed E-state index contributed by atoms with van der Waals surface area (Å²) < 4.78 is 19.5. The molecule has 0 saturated carbocycles. The van der Waals surface area contributed by atoms with Crippen LogP contribution in [0.1, 0.15) is 13.8 Å². The van der Waals surface area contributed by atoms with Gasteiger partial charge in [-0.05, 0) is 18.2 Å². The van der Waals surface area contributed by atoms with Crippen molar-refractivity contribution in [1.82, 2.24) is 0 Å². The third kappa shape index (κ3) is 3.80. The highest BCUT2D eigenvalue weighted by molar-refractivity contribution is 9.10. The maximum Gasteiger partial charge on any atom is 0.165 e. The summed E-state index contributed by atoms with van der Waals surface area (Å²) in [7, 11) is 0. The van der Waals surface area contributed by atoms with E-state index in [1.54, 1.807) is 12.1 Å². The van der Waals surface area contributed by atoms with Crippen LogP contribution in [0.5, 0.6) is 5.75 Å². The van der Waals surface area contributed by atoms with Crippen molar-refractivity contribution in [3.05, 3.63) is 28.5 Å². The van der Waals surface area contributed by atoms with Gasteiger partial charge in [0.1, 0.15) is 0 Å². The Balaban J connectivity index is 2.69. The molecule has 0 bridgehead atoms. The molecule has 0 aromatic heterocycles. The number of ether oxygens (including phenoxy) is 1. The van der Waals surface area contributed by atoms with Gasteiger partial charge in [0.25, 0.3) is 0 Å². The fourth-order valence-electron chi connectivity index (χ4n) is 0.920. The summed E-state index contributed by atoms with van der Waals surface area (Å²) in [5.41, 5.74) is 5.41. The molecule has 15 heavy (non-hydrogen) atoms. The van der Waals surface area contributed by atoms with Crippen molar-refractivity contribution in [3.63, 3.8) is 0 Å². The lowest BCUT2D eigenvalue weighted by molar-refractivity contribution is 0.181. The zero-order valence-corrected chi connectivity index (χ0v) is 10.5. The van der Waals surface area contributed by atoms with E-state index in [1.165, 1.54) is 6.07 Å². The van der Waals surface area contributed by atoms with E-state index in [0.717, 1.165) is 4.47 Å². The minimum absolute atomic E-state index is 0.144. The lowest BCUT2D eigenvalue weighted by Gasteiger charge is -2.22. The average Bonchev–Trinajstić information content (AvgIpc) is 2.20. The fraction of sp³-hybridized carbons (Fsp3) is 0.455. The highest BCUT2D eigenvalue weighted by Crippen LogP contribution is 2.24. The smallest absolute Gasteiger partial charge is 0.165 e. The second-order valence-electron chi connectivity index (χ2n) is 4.23. The molecule has 0 saturated heterocycles. The predicted molar refractivity (Wildman–Crippen MR) is 62.4 cm³/mol. The van der Waals surface area contributed by atoms with Crippen LogP contribution in [0.25, 0.3) is 0 Å². The number of hydrogen-bond acceptors (Lipinski definition) is 2. The molecular formula is C11H15BrFNO. The molecule has 1 rings (SSSR count). The predicted octanol–water partition coefficient (Wildman–Crippen LogP) is 2.95. The molecule has 84 valence electrons. The summed E-state index contributed by atoms with van der Waals surface area (Å²) in [6, 6.07) is 4.62. The van der Waals surface area contributed by atoms with Gasteiger partial charge in [-0.25, -0.2) is 4.39 Å². The van der Waals surface area contributed by atoms with Crippen molar-refractivity contribution >= 4 is 15.9 Å². The van der Waals surface area contributed by atoms with Crippen LogP contribution in [-0.2, 0) is 0 Å². The Labute approximate surface area is 97.7 Å². The third-order valence-electron chi connectivity index (χ3n) is 2.06. The summed E-state index contributed by atoms with van der Waals surface area (Å²) in [4.78, 5) is 0. The normalized spacial score (nSPS) is 11.5. The van der Waals surface area contributed by atoms with E-state index in [9.17, 15) is 4.39 Å². The van der Waals surface area contributed by atoms with E-state index >= 15 is 0 Å². The second kappa shape index (κ2) is 4.94. The fourth-order valence-corrected chi connectivity index (χ4v) is 1.26. The van der Waals surface area contributed by atoms with Gasteiger partial charge in [-0.3, -0.25) is 0 Å². The molecule has 2 N–H and O–H groups in total. The highest BCUT2D eigenvalue weighted by atomic mass is 79.9. The van der Waals surface area contributed by atoms with Gasteiger partial charge in [-0.15, -0.1) is 0 Å². The average molecular weight is 276 g/mol. The Hall–Kier alpha value is -0.610. The van der Waals surface area contributed by atoms with Crippen molar-refractivity contribution in [2.45, 2.75) is 13.8 Å². The molecule has 0 amide bonds. The molecule has 1 aromatic rings. The first-order chi connectivity index (χ1) is 6.94. The summed E-state index contributed by atoms with van der Waals surface area (Å²) in [6.45, 7) is 4.85. The summed E-state index contributed by atoms with van der Waals surface area (Å²) in [6.07, 6.45) is 0. The first kappa shape index (κ1) is 12.5. The van der Waals surface area contributed by atoms with Crippen LogP contribution in [0.15, 0.2) is 22.7 Å². The van der Waals surface area contributed by atoms with E-state index in [2.05, 4.69) is 15.9 Å². The number of nitrogens with two attached hydrogens (primary N) is 1. The summed E-state index contributed by atoms with van der Waals surface area (Å²) >= 11 is 3.26. The Bertz CT molecular complexity index is 341. The zero-order valence-electron chi connectivity index (χ0n) is 8.89. The van der Waals surface area contributed by atoms with Crippen molar-refractivity contribution in [3.8, 4) is 5.75 Å². The summed E-state index contributed by atoms with van der Waals surface area (Å²) in [5.74, 6) is -0.100. The first-order valence-electron chi connectivity index (χ1n) is 4.72. The Kier molecular flexibility index (Phi) is 4.11. The van der Waals surface area contributed by atoms with E-state index in [0.29, 0.717) is 13.2 Å². The third-order valence-corrected chi connectivity index (χ3v) is 2.56. The number of benzene rings is 1. The molecule has 0 spiro atoms. The van der Waals surface area contributed by atoms with Crippen molar-refractivity contribution in [2.24, 2.45) is 11.1 Å². The molecule has 0 radical (unpaired) electrons. The van der Waals surface area contributed by atoms with Crippen LogP contribution in [0.2, 0.25) is 0 Å². The molecule has 1 aromatic carbocycles. The topological polar surface area (TPSA) is 35.2 Å². The minimum Gasteiger partial charge on any atom is -0.490 e. The molecule has 0 aliphatic carbocycles. The number of halogens is 2. The molecule has 0 fully saturated rings. The number of hydrogen-bond donors (Lipinski definition) is 1. The largest absolute Gasteiger partial charge is 0.490 e.